The van der Waals surface area contributed by atoms with E-state index in [2.05, 4.69) is 19.9 Å². The fourth-order valence-electron chi connectivity index (χ4n) is 3.59. The molecule has 4 rings (SSSR count). The average Bonchev–Trinajstić information content (AvgIpc) is 2.97. The third-order valence-electron chi connectivity index (χ3n) is 6.00. The first kappa shape index (κ1) is 33.7. The van der Waals surface area contributed by atoms with Crippen molar-refractivity contribution in [2.75, 3.05) is 0 Å². The maximum absolute atomic E-state index is 12.9. The van der Waals surface area contributed by atoms with Crippen molar-refractivity contribution in [2.24, 2.45) is 0 Å². The summed E-state index contributed by atoms with van der Waals surface area (Å²) in [5.41, 5.74) is 2.05. The Morgan fingerprint density at radius 1 is 0.595 bits per heavy atom. The summed E-state index contributed by atoms with van der Waals surface area (Å²) in [6.07, 6.45) is -6.05. The lowest BCUT2D eigenvalue weighted by Gasteiger charge is -2.12. The third-order valence-corrected chi connectivity index (χ3v) is 6.00. The Labute approximate surface area is 241 Å². The van der Waals surface area contributed by atoms with E-state index in [0.29, 0.717) is 28.5 Å². The molecule has 0 aromatic heterocycles. The van der Waals surface area contributed by atoms with Crippen LogP contribution in [0.2, 0.25) is 0 Å². The highest BCUT2D eigenvalue weighted by Crippen LogP contribution is 2.38. The van der Waals surface area contributed by atoms with Gasteiger partial charge in [0.25, 0.3) is 0 Å². The predicted octanol–water partition coefficient (Wildman–Crippen LogP) is 10.7. The lowest BCUT2D eigenvalue weighted by molar-refractivity contribution is -0.137. The van der Waals surface area contributed by atoms with Crippen LogP contribution in [0.1, 0.15) is 59.5 Å². The minimum absolute atomic E-state index is 0.113. The minimum Gasteiger partial charge on any atom is -0.298 e. The van der Waals surface area contributed by atoms with Crippen LogP contribution in [0.15, 0.2) is 109 Å². The topological polar surface area (TPSA) is 34.1 Å². The van der Waals surface area contributed by atoms with Crippen LogP contribution in [-0.2, 0) is 12.4 Å². The number of hydrogen-bond acceptors (Lipinski definition) is 2. The molecular formula is C34H30F6O2. The maximum Gasteiger partial charge on any atom is 0.417 e. The molecule has 0 bridgehead atoms. The van der Waals surface area contributed by atoms with Crippen LogP contribution in [0.4, 0.5) is 26.3 Å². The smallest absolute Gasteiger partial charge is 0.298 e. The Balaban J connectivity index is 0.000000254. The van der Waals surface area contributed by atoms with Gasteiger partial charge in [0, 0.05) is 11.1 Å². The van der Waals surface area contributed by atoms with Crippen LogP contribution >= 0.6 is 0 Å². The zero-order valence-corrected chi connectivity index (χ0v) is 23.5. The van der Waals surface area contributed by atoms with Gasteiger partial charge >= 0.3 is 12.4 Å². The number of halogens is 6. The van der Waals surface area contributed by atoms with Crippen molar-refractivity contribution >= 4 is 12.1 Å². The molecule has 0 aliphatic rings. The summed E-state index contributed by atoms with van der Waals surface area (Å²) in [5.74, 6) is -0.115. The van der Waals surface area contributed by atoms with Gasteiger partial charge in [0.05, 0.1) is 11.1 Å². The molecule has 0 amide bonds. The maximum atomic E-state index is 12.9. The fraction of sp³-hybridized carbons (Fsp3) is 0.176. The van der Waals surface area contributed by atoms with Crippen molar-refractivity contribution in [3.05, 3.63) is 131 Å². The molecule has 0 unspecified atom stereocenters. The number of carbonyl (C=O) groups excluding carboxylic acids is 2. The number of allylic oxidation sites excluding steroid dienone is 2. The van der Waals surface area contributed by atoms with Gasteiger partial charge in [-0.05, 0) is 62.1 Å². The second-order valence-corrected chi connectivity index (χ2v) is 9.33. The van der Waals surface area contributed by atoms with E-state index >= 15 is 0 Å². The molecule has 0 aliphatic heterocycles. The highest BCUT2D eigenvalue weighted by Gasteiger charge is 2.34. The molecule has 220 valence electrons. The van der Waals surface area contributed by atoms with Gasteiger partial charge in [0.15, 0.2) is 5.78 Å². The summed E-state index contributed by atoms with van der Waals surface area (Å²) in [4.78, 5) is 21.6. The Bertz CT molecular complexity index is 1490. The van der Waals surface area contributed by atoms with Crippen molar-refractivity contribution < 1.29 is 35.9 Å². The molecule has 0 saturated carbocycles. The van der Waals surface area contributed by atoms with Crippen molar-refractivity contribution in [3.8, 4) is 22.3 Å². The Morgan fingerprint density at radius 2 is 0.952 bits per heavy atom. The van der Waals surface area contributed by atoms with Crippen LogP contribution in [-0.4, -0.2) is 12.1 Å². The molecule has 0 N–H and O–H groups in total. The van der Waals surface area contributed by atoms with Gasteiger partial charge in [-0.2, -0.15) is 26.3 Å². The SMILES string of the molecule is CC(=O)c1ccc(-c2ccccc2C(F)(F)F)cc1.CC=C(C)C.O=Cc1ccc(-c2ccccc2C(F)(F)F)cc1. The van der Waals surface area contributed by atoms with Crippen LogP contribution in [0, 0.1) is 0 Å². The van der Waals surface area contributed by atoms with Crippen LogP contribution in [0.25, 0.3) is 22.3 Å². The van der Waals surface area contributed by atoms with Gasteiger partial charge in [-0.25, -0.2) is 0 Å². The number of ketones is 1. The second kappa shape index (κ2) is 15.0. The summed E-state index contributed by atoms with van der Waals surface area (Å²) in [5, 5.41) is 0. The first-order chi connectivity index (χ1) is 19.7. The molecule has 8 heteroatoms. The van der Waals surface area contributed by atoms with Gasteiger partial charge < -0.3 is 0 Å². The van der Waals surface area contributed by atoms with Gasteiger partial charge in [0.1, 0.15) is 6.29 Å². The largest absolute Gasteiger partial charge is 0.417 e. The molecule has 4 aromatic rings. The van der Waals surface area contributed by atoms with Gasteiger partial charge in [-0.15, -0.1) is 0 Å². The summed E-state index contributed by atoms with van der Waals surface area (Å²) >= 11 is 0. The zero-order chi connectivity index (χ0) is 31.5. The van der Waals surface area contributed by atoms with E-state index in [0.717, 1.165) is 12.1 Å². The second-order valence-electron chi connectivity index (χ2n) is 9.33. The number of alkyl halides is 6. The first-order valence-corrected chi connectivity index (χ1v) is 12.8. The van der Waals surface area contributed by atoms with E-state index in [1.807, 2.05) is 6.92 Å². The highest BCUT2D eigenvalue weighted by molar-refractivity contribution is 5.94. The quantitative estimate of drug-likeness (QED) is 0.104. The third kappa shape index (κ3) is 9.87. The van der Waals surface area contributed by atoms with E-state index in [1.54, 1.807) is 12.1 Å². The van der Waals surface area contributed by atoms with Crippen LogP contribution < -0.4 is 0 Å². The summed E-state index contributed by atoms with van der Waals surface area (Å²) < 4.78 is 77.1. The van der Waals surface area contributed by atoms with E-state index < -0.39 is 23.5 Å². The lowest BCUT2D eigenvalue weighted by Crippen LogP contribution is -2.06. The molecule has 0 radical (unpaired) electrons. The lowest BCUT2D eigenvalue weighted by atomic mass is 9.98. The van der Waals surface area contributed by atoms with E-state index in [9.17, 15) is 35.9 Å². The van der Waals surface area contributed by atoms with Crippen LogP contribution in [0.5, 0.6) is 0 Å². The Hall–Kier alpha value is -4.46. The summed E-state index contributed by atoms with van der Waals surface area (Å²) in [6.45, 7) is 7.62. The fourth-order valence-corrected chi connectivity index (χ4v) is 3.59. The molecule has 42 heavy (non-hydrogen) atoms. The van der Waals surface area contributed by atoms with E-state index in [1.165, 1.54) is 85.3 Å². The molecule has 0 aliphatic carbocycles. The molecule has 0 spiro atoms. The molecule has 0 fully saturated rings. The average molecular weight is 585 g/mol. The van der Waals surface area contributed by atoms with Crippen molar-refractivity contribution in [2.45, 2.75) is 40.0 Å². The minimum atomic E-state index is -4.39. The molecule has 0 saturated heterocycles. The molecule has 2 nitrogen and oxygen atoms in total. The number of carbonyl (C=O) groups is 2. The van der Waals surface area contributed by atoms with Crippen molar-refractivity contribution in [1.82, 2.24) is 0 Å². The van der Waals surface area contributed by atoms with Gasteiger partial charge in [0.2, 0.25) is 0 Å². The Kier molecular flexibility index (Phi) is 12.0. The molecule has 4 aromatic carbocycles. The Morgan fingerprint density at radius 3 is 1.26 bits per heavy atom. The van der Waals surface area contributed by atoms with Gasteiger partial charge in [-0.3, -0.25) is 9.59 Å². The standard InChI is InChI=1S/C15H11F3O.C14H9F3O.C5H10/c1-10(19)11-6-8-12(9-7-11)13-4-2-3-5-14(13)15(16,17)18;15-14(16,17)13-4-2-1-3-12(13)11-7-5-10(9-18)6-8-11;1-4-5(2)3/h2-9H,1H3;1-9H;4H,1-3H3. The number of benzene rings is 4. The molecular weight excluding hydrogens is 554 g/mol. The highest BCUT2D eigenvalue weighted by atomic mass is 19.4. The number of aldehydes is 1. The predicted molar refractivity (Wildman–Crippen MR) is 154 cm³/mol. The summed E-state index contributed by atoms with van der Waals surface area (Å²) in [7, 11) is 0. The van der Waals surface area contributed by atoms with E-state index in [-0.39, 0.29) is 16.9 Å². The summed E-state index contributed by atoms with van der Waals surface area (Å²) in [6, 6.07) is 22.9. The van der Waals surface area contributed by atoms with E-state index in [4.69, 9.17) is 0 Å². The first-order valence-electron chi connectivity index (χ1n) is 12.8. The van der Waals surface area contributed by atoms with Crippen LogP contribution in [0.3, 0.4) is 0 Å². The molecule has 0 atom stereocenters. The van der Waals surface area contributed by atoms with Gasteiger partial charge in [-0.1, -0.05) is 96.6 Å². The zero-order valence-electron chi connectivity index (χ0n) is 23.5. The van der Waals surface area contributed by atoms with Crippen molar-refractivity contribution in [1.29, 1.82) is 0 Å². The number of hydrogen-bond donors (Lipinski definition) is 0. The number of Topliss-reactive ketones (excluding diaryl/α,β-unsaturated/α-hetero) is 1. The van der Waals surface area contributed by atoms with Crippen molar-refractivity contribution in [3.63, 3.8) is 0 Å². The number of rotatable bonds is 4. The molecule has 0 heterocycles. The monoisotopic (exact) mass is 584 g/mol. The normalized spacial score (nSPS) is 10.8.